The molecule has 39 heavy (non-hydrogen) atoms. The number of hydrogen-bond acceptors (Lipinski definition) is 10. The van der Waals surface area contributed by atoms with Crippen LogP contribution in [0.2, 0.25) is 0 Å². The average molecular weight is 572 g/mol. The van der Waals surface area contributed by atoms with E-state index in [-0.39, 0.29) is 35.6 Å². The Kier molecular flexibility index (Phi) is 10.0. The largest absolute Gasteiger partial charge is 0.484 e. The Morgan fingerprint density at radius 3 is 2.72 bits per heavy atom. The highest BCUT2D eigenvalue weighted by Gasteiger charge is 2.44. The first-order valence-electron chi connectivity index (χ1n) is 13.3. The van der Waals surface area contributed by atoms with Crippen LogP contribution in [-0.2, 0) is 33.9 Å². The fourth-order valence-corrected chi connectivity index (χ4v) is 6.31. The van der Waals surface area contributed by atoms with Crippen molar-refractivity contribution >= 4 is 22.0 Å². The minimum Gasteiger partial charge on any atom is -0.484 e. The molecule has 218 valence electrons. The average Bonchev–Trinajstić information content (AvgIpc) is 3.66. The summed E-state index contributed by atoms with van der Waals surface area (Å²) >= 11 is 0. The van der Waals surface area contributed by atoms with Gasteiger partial charge in [-0.3, -0.25) is 9.63 Å². The Morgan fingerprint density at radius 1 is 1.23 bits per heavy atom. The van der Waals surface area contributed by atoms with E-state index in [1.54, 1.807) is 6.92 Å². The summed E-state index contributed by atoms with van der Waals surface area (Å²) in [6.07, 6.45) is 0.998. The number of hydrogen-bond donors (Lipinski definition) is 3. The summed E-state index contributed by atoms with van der Waals surface area (Å²) in [4.78, 5) is 29.4. The van der Waals surface area contributed by atoms with E-state index in [4.69, 9.17) is 29.5 Å². The monoisotopic (exact) mass is 571 g/mol. The molecule has 3 aliphatic rings. The van der Waals surface area contributed by atoms with Gasteiger partial charge >= 0.3 is 6.09 Å². The third-order valence-corrected chi connectivity index (χ3v) is 8.73. The third-order valence-electron chi connectivity index (χ3n) is 7.11. The maximum atomic E-state index is 13.6. The van der Waals surface area contributed by atoms with Crippen molar-refractivity contribution < 1.29 is 46.9 Å². The number of rotatable bonds is 13. The highest BCUT2D eigenvalue weighted by molar-refractivity contribution is 7.89. The number of aliphatic hydroxyl groups excluding tert-OH is 1. The van der Waals surface area contributed by atoms with Gasteiger partial charge in [-0.05, 0) is 37.8 Å². The molecule has 2 saturated heterocycles. The van der Waals surface area contributed by atoms with Crippen molar-refractivity contribution in [2.45, 2.75) is 81.0 Å². The zero-order valence-corrected chi connectivity index (χ0v) is 22.7. The lowest BCUT2D eigenvalue weighted by Crippen LogP contribution is -2.50. The maximum absolute atomic E-state index is 13.6. The Labute approximate surface area is 227 Å². The Morgan fingerprint density at radius 2 is 2.00 bits per heavy atom. The highest BCUT2D eigenvalue weighted by atomic mass is 32.2. The molecule has 14 heteroatoms. The van der Waals surface area contributed by atoms with Crippen molar-refractivity contribution in [1.82, 2.24) is 9.79 Å². The number of alkyl carbamates (subject to hydrolysis) is 1. The SMILES string of the molecule is CC[C@H](NC(=O)OC1CO[C@H]2OCC[C@@H]12)[C@H](O)CN(OC1CCCC1)S(=O)(=O)c1cccc(OCC(N)=O)c1. The molecule has 0 radical (unpaired) electrons. The van der Waals surface area contributed by atoms with Gasteiger partial charge in [0.05, 0.1) is 48.8 Å². The number of carbonyl (C=O) groups is 2. The van der Waals surface area contributed by atoms with E-state index in [2.05, 4.69) is 5.32 Å². The van der Waals surface area contributed by atoms with E-state index in [1.165, 1.54) is 24.3 Å². The number of fused-ring (bicyclic) bond motifs is 1. The molecule has 4 rings (SSSR count). The smallest absolute Gasteiger partial charge is 0.407 e. The number of nitrogens with zero attached hydrogens (tertiary/aromatic N) is 1. The number of carbonyl (C=O) groups excluding carboxylic acids is 2. The maximum Gasteiger partial charge on any atom is 0.407 e. The fourth-order valence-electron chi connectivity index (χ4n) is 4.98. The van der Waals surface area contributed by atoms with E-state index in [0.29, 0.717) is 25.9 Å². The van der Waals surface area contributed by atoms with Crippen LogP contribution >= 0.6 is 0 Å². The highest BCUT2D eigenvalue weighted by Crippen LogP contribution is 2.33. The Balaban J connectivity index is 1.44. The van der Waals surface area contributed by atoms with Crippen LogP contribution in [0.25, 0.3) is 0 Å². The predicted octanol–water partition coefficient (Wildman–Crippen LogP) is 1.04. The van der Waals surface area contributed by atoms with Crippen LogP contribution in [0.15, 0.2) is 29.2 Å². The zero-order valence-electron chi connectivity index (χ0n) is 21.9. The molecule has 2 aliphatic heterocycles. The van der Waals surface area contributed by atoms with Gasteiger partial charge in [-0.1, -0.05) is 30.3 Å². The number of sulfonamides is 1. The topological polar surface area (TPSA) is 176 Å². The standard InChI is InChI=1S/C25H37N3O10S/c1-2-20(27-25(31)37-22-14-36-24-19(22)10-11-34-24)21(29)13-28(38-16-6-3-4-7-16)39(32,33)18-9-5-8-17(12-18)35-15-23(26)30/h5,8-9,12,16,19-22,24,29H,2-4,6-7,10-11,13-15H2,1H3,(H2,26,30)(H,27,31)/t19-,20-,21+,22?,24+/m0/s1. The molecular formula is C25H37N3O10S. The zero-order chi connectivity index (χ0) is 28.0. The van der Waals surface area contributed by atoms with Crippen LogP contribution < -0.4 is 15.8 Å². The summed E-state index contributed by atoms with van der Waals surface area (Å²) in [7, 11) is -4.26. The Bertz CT molecular complexity index is 1100. The number of primary amides is 1. The number of amides is 2. The molecule has 0 bridgehead atoms. The van der Waals surface area contributed by atoms with Crippen molar-refractivity contribution in [3.05, 3.63) is 24.3 Å². The molecule has 3 fully saturated rings. The summed E-state index contributed by atoms with van der Waals surface area (Å²) in [6, 6.07) is 4.77. The molecule has 0 spiro atoms. The van der Waals surface area contributed by atoms with E-state index in [9.17, 15) is 23.1 Å². The minimum absolute atomic E-state index is 0.0380. The summed E-state index contributed by atoms with van der Waals surface area (Å²) in [5.41, 5.74) is 5.11. The van der Waals surface area contributed by atoms with E-state index in [1.807, 2.05) is 0 Å². The number of ether oxygens (including phenoxy) is 4. The first kappa shape index (κ1) is 29.5. The fraction of sp³-hybridized carbons (Fsp3) is 0.680. The van der Waals surface area contributed by atoms with Gasteiger partial charge in [-0.15, -0.1) is 0 Å². The van der Waals surface area contributed by atoms with E-state index in [0.717, 1.165) is 23.7 Å². The summed E-state index contributed by atoms with van der Waals surface area (Å²) in [6.45, 7) is 1.68. The molecule has 5 atom stereocenters. The molecule has 1 saturated carbocycles. The van der Waals surface area contributed by atoms with Crippen LogP contribution in [0.4, 0.5) is 4.79 Å². The Hall–Kier alpha value is -2.49. The molecule has 13 nitrogen and oxygen atoms in total. The van der Waals surface area contributed by atoms with E-state index >= 15 is 0 Å². The second-order valence-corrected chi connectivity index (χ2v) is 11.8. The minimum atomic E-state index is -4.26. The van der Waals surface area contributed by atoms with Crippen molar-refractivity contribution in [1.29, 1.82) is 0 Å². The van der Waals surface area contributed by atoms with Crippen molar-refractivity contribution in [3.63, 3.8) is 0 Å². The van der Waals surface area contributed by atoms with Gasteiger partial charge in [-0.25, -0.2) is 13.2 Å². The molecule has 1 unspecified atom stereocenters. The van der Waals surface area contributed by atoms with Crippen LogP contribution in [0.1, 0.15) is 45.4 Å². The summed E-state index contributed by atoms with van der Waals surface area (Å²) < 4.78 is 49.8. The summed E-state index contributed by atoms with van der Waals surface area (Å²) in [5.74, 6) is -0.604. The number of nitrogens with one attached hydrogen (secondary N) is 1. The lowest BCUT2D eigenvalue weighted by molar-refractivity contribution is -0.145. The predicted molar refractivity (Wildman–Crippen MR) is 136 cm³/mol. The molecule has 1 aromatic rings. The van der Waals surface area contributed by atoms with Gasteiger partial charge in [0.15, 0.2) is 12.9 Å². The van der Waals surface area contributed by atoms with E-state index < -0.39 is 53.4 Å². The van der Waals surface area contributed by atoms with Gasteiger partial charge in [0.2, 0.25) is 0 Å². The first-order valence-corrected chi connectivity index (χ1v) is 14.7. The first-order chi connectivity index (χ1) is 18.7. The van der Waals surface area contributed by atoms with Crippen LogP contribution in [0, 0.1) is 5.92 Å². The molecule has 4 N–H and O–H groups in total. The van der Waals surface area contributed by atoms with Crippen molar-refractivity contribution in [2.24, 2.45) is 11.7 Å². The lowest BCUT2D eigenvalue weighted by Gasteiger charge is -2.30. The molecule has 1 aromatic carbocycles. The number of nitrogens with two attached hydrogens (primary N) is 1. The summed E-state index contributed by atoms with van der Waals surface area (Å²) in [5, 5.41) is 13.7. The lowest BCUT2D eigenvalue weighted by atomic mass is 10.0. The van der Waals surface area contributed by atoms with Crippen LogP contribution in [-0.4, -0.2) is 87.0 Å². The van der Waals surface area contributed by atoms with Gasteiger partial charge < -0.3 is 35.1 Å². The number of hydroxylamine groups is 1. The molecular weight excluding hydrogens is 534 g/mol. The van der Waals surface area contributed by atoms with Crippen molar-refractivity contribution in [3.8, 4) is 5.75 Å². The van der Waals surface area contributed by atoms with Gasteiger partial charge in [0.25, 0.3) is 15.9 Å². The molecule has 2 heterocycles. The number of aliphatic hydroxyl groups is 1. The van der Waals surface area contributed by atoms with Gasteiger partial charge in [0.1, 0.15) is 11.9 Å². The molecule has 0 aromatic heterocycles. The third kappa shape index (κ3) is 7.58. The van der Waals surface area contributed by atoms with Crippen molar-refractivity contribution in [2.75, 3.05) is 26.4 Å². The normalized spacial score (nSPS) is 24.8. The quantitative estimate of drug-likeness (QED) is 0.290. The van der Waals surface area contributed by atoms with Gasteiger partial charge in [-0.2, -0.15) is 0 Å². The molecule has 1 aliphatic carbocycles. The molecule has 2 amide bonds. The van der Waals surface area contributed by atoms with Gasteiger partial charge in [0, 0.05) is 6.07 Å². The number of benzene rings is 1. The second-order valence-electron chi connectivity index (χ2n) is 9.93. The second kappa shape index (κ2) is 13.2. The van der Waals surface area contributed by atoms with Crippen LogP contribution in [0.5, 0.6) is 5.75 Å². The van der Waals surface area contributed by atoms with Crippen LogP contribution in [0.3, 0.4) is 0 Å².